The zero-order valence-electron chi connectivity index (χ0n) is 14.5. The van der Waals surface area contributed by atoms with Crippen LogP contribution >= 0.6 is 0 Å². The van der Waals surface area contributed by atoms with Crippen LogP contribution in [0.15, 0.2) is 18.2 Å². The zero-order valence-corrected chi connectivity index (χ0v) is 14.5. The van der Waals surface area contributed by atoms with E-state index in [4.69, 9.17) is 10.5 Å². The summed E-state index contributed by atoms with van der Waals surface area (Å²) in [5.74, 6) is 1.45. The highest BCUT2D eigenvalue weighted by molar-refractivity contribution is 5.73. The van der Waals surface area contributed by atoms with Gasteiger partial charge in [-0.05, 0) is 75.4 Å². The van der Waals surface area contributed by atoms with Crippen molar-refractivity contribution in [1.29, 1.82) is 0 Å². The highest BCUT2D eigenvalue weighted by Crippen LogP contribution is 2.35. The van der Waals surface area contributed by atoms with Crippen molar-refractivity contribution in [2.75, 3.05) is 26.2 Å². The molecule has 4 nitrogen and oxygen atoms in total. The topological polar surface area (TPSA) is 55.6 Å². The molecule has 2 N–H and O–H groups in total. The summed E-state index contributed by atoms with van der Waals surface area (Å²) in [4.78, 5) is 13.3. The van der Waals surface area contributed by atoms with E-state index in [0.29, 0.717) is 18.9 Å². The number of hydrogen-bond acceptors (Lipinski definition) is 3. The Kier molecular flexibility index (Phi) is 6.90. The summed E-state index contributed by atoms with van der Waals surface area (Å²) < 4.78 is 5.89. The third kappa shape index (κ3) is 5.24. The van der Waals surface area contributed by atoms with Crippen molar-refractivity contribution in [2.24, 2.45) is 5.73 Å². The van der Waals surface area contributed by atoms with Gasteiger partial charge in [-0.15, -0.1) is 0 Å². The molecule has 0 aliphatic carbocycles. The van der Waals surface area contributed by atoms with E-state index in [1.807, 2.05) is 6.92 Å². The van der Waals surface area contributed by atoms with Crippen LogP contribution in [0.1, 0.15) is 56.6 Å². The van der Waals surface area contributed by atoms with Gasteiger partial charge in [0.25, 0.3) is 0 Å². The Morgan fingerprint density at radius 3 is 2.65 bits per heavy atom. The van der Waals surface area contributed by atoms with Crippen LogP contribution in [0.4, 0.5) is 0 Å². The lowest BCUT2D eigenvalue weighted by Crippen LogP contribution is -2.34. The molecule has 0 unspecified atom stereocenters. The molecule has 0 saturated carbocycles. The fourth-order valence-electron chi connectivity index (χ4n) is 3.36. The Hall–Kier alpha value is -1.55. The number of primary amides is 1. The highest BCUT2D eigenvalue weighted by atomic mass is 16.5. The van der Waals surface area contributed by atoms with E-state index in [1.165, 1.54) is 11.1 Å². The first-order valence-corrected chi connectivity index (χ1v) is 8.90. The van der Waals surface area contributed by atoms with Gasteiger partial charge in [-0.2, -0.15) is 0 Å². The lowest BCUT2D eigenvalue weighted by atomic mass is 9.88. The van der Waals surface area contributed by atoms with Gasteiger partial charge in [-0.1, -0.05) is 19.1 Å². The van der Waals surface area contributed by atoms with Gasteiger partial charge < -0.3 is 15.4 Å². The smallest absolute Gasteiger partial charge is 0.217 e. The molecular weight excluding hydrogens is 288 g/mol. The standard InChI is InChI=1S/C19H30N2O2/c1-3-15-7-8-17(18(14-15)23-4-2)16-9-12-21(13-10-16)11-5-6-19(20)22/h7-8,14,16H,3-6,9-13H2,1-2H3,(H2,20,22). The molecule has 2 rings (SSSR count). The summed E-state index contributed by atoms with van der Waals surface area (Å²) in [5.41, 5.74) is 7.90. The first-order valence-electron chi connectivity index (χ1n) is 8.90. The molecule has 4 heteroatoms. The van der Waals surface area contributed by atoms with Crippen LogP contribution < -0.4 is 10.5 Å². The SMILES string of the molecule is CCOc1cc(CC)ccc1C1CCN(CCCC(N)=O)CC1. The molecule has 0 aromatic heterocycles. The van der Waals surface area contributed by atoms with Crippen molar-refractivity contribution < 1.29 is 9.53 Å². The summed E-state index contributed by atoms with van der Waals surface area (Å²) in [5, 5.41) is 0. The van der Waals surface area contributed by atoms with Crippen molar-refractivity contribution in [1.82, 2.24) is 4.90 Å². The third-order valence-corrected chi connectivity index (χ3v) is 4.71. The van der Waals surface area contributed by atoms with Crippen molar-refractivity contribution in [3.8, 4) is 5.75 Å². The van der Waals surface area contributed by atoms with Crippen LogP contribution in [0.25, 0.3) is 0 Å². The number of aryl methyl sites for hydroxylation is 1. The first-order chi connectivity index (χ1) is 11.1. The molecule has 0 radical (unpaired) electrons. The van der Waals surface area contributed by atoms with Crippen LogP contribution in [0.3, 0.4) is 0 Å². The average Bonchev–Trinajstić information content (AvgIpc) is 2.55. The fraction of sp³-hybridized carbons (Fsp3) is 0.632. The van der Waals surface area contributed by atoms with Crippen molar-refractivity contribution in [3.63, 3.8) is 0 Å². The molecule has 23 heavy (non-hydrogen) atoms. The quantitative estimate of drug-likeness (QED) is 0.801. The van der Waals surface area contributed by atoms with Crippen molar-refractivity contribution in [3.05, 3.63) is 29.3 Å². The van der Waals surface area contributed by atoms with E-state index in [0.717, 1.165) is 51.1 Å². The normalized spacial score (nSPS) is 16.4. The second-order valence-corrected chi connectivity index (χ2v) is 6.34. The number of nitrogens with two attached hydrogens (primary N) is 1. The predicted octanol–water partition coefficient (Wildman–Crippen LogP) is 3.09. The number of nitrogens with zero attached hydrogens (tertiary/aromatic N) is 1. The van der Waals surface area contributed by atoms with Crippen LogP contribution in [0, 0.1) is 0 Å². The first kappa shape index (κ1) is 17.8. The van der Waals surface area contributed by atoms with E-state index in [-0.39, 0.29) is 5.91 Å². The number of amides is 1. The number of piperidine rings is 1. The molecule has 0 spiro atoms. The van der Waals surface area contributed by atoms with Gasteiger partial charge in [0, 0.05) is 6.42 Å². The molecule has 0 atom stereocenters. The van der Waals surface area contributed by atoms with Gasteiger partial charge in [0.15, 0.2) is 0 Å². The van der Waals surface area contributed by atoms with Gasteiger partial charge in [-0.3, -0.25) is 4.79 Å². The van der Waals surface area contributed by atoms with E-state index in [9.17, 15) is 4.79 Å². The maximum atomic E-state index is 10.8. The number of ether oxygens (including phenoxy) is 1. The predicted molar refractivity (Wildman–Crippen MR) is 93.8 cm³/mol. The van der Waals surface area contributed by atoms with Crippen molar-refractivity contribution in [2.45, 2.75) is 51.9 Å². The second kappa shape index (κ2) is 8.92. The maximum Gasteiger partial charge on any atom is 0.217 e. The third-order valence-electron chi connectivity index (χ3n) is 4.71. The number of rotatable bonds is 8. The monoisotopic (exact) mass is 318 g/mol. The fourth-order valence-corrected chi connectivity index (χ4v) is 3.36. The summed E-state index contributed by atoms with van der Waals surface area (Å²) in [7, 11) is 0. The number of benzene rings is 1. The van der Waals surface area contributed by atoms with Crippen LogP contribution in [0.5, 0.6) is 5.75 Å². The lowest BCUT2D eigenvalue weighted by molar-refractivity contribution is -0.118. The number of carbonyl (C=O) groups is 1. The summed E-state index contributed by atoms with van der Waals surface area (Å²) in [6.07, 6.45) is 4.71. The van der Waals surface area contributed by atoms with Gasteiger partial charge in [0.05, 0.1) is 6.61 Å². The van der Waals surface area contributed by atoms with Gasteiger partial charge in [-0.25, -0.2) is 0 Å². The molecule has 1 fully saturated rings. The lowest BCUT2D eigenvalue weighted by Gasteiger charge is -2.32. The number of likely N-dealkylation sites (tertiary alicyclic amines) is 1. The Morgan fingerprint density at radius 2 is 2.04 bits per heavy atom. The minimum absolute atomic E-state index is 0.197. The Morgan fingerprint density at radius 1 is 1.30 bits per heavy atom. The molecule has 1 amide bonds. The van der Waals surface area contributed by atoms with Crippen LogP contribution in [-0.4, -0.2) is 37.0 Å². The molecule has 1 heterocycles. The second-order valence-electron chi connectivity index (χ2n) is 6.34. The molecule has 1 aromatic carbocycles. The maximum absolute atomic E-state index is 10.8. The molecule has 0 bridgehead atoms. The molecule has 1 aliphatic rings. The molecule has 128 valence electrons. The highest BCUT2D eigenvalue weighted by Gasteiger charge is 2.23. The minimum Gasteiger partial charge on any atom is -0.494 e. The molecule has 1 aliphatic heterocycles. The summed E-state index contributed by atoms with van der Waals surface area (Å²) >= 11 is 0. The van der Waals surface area contributed by atoms with Crippen molar-refractivity contribution >= 4 is 5.91 Å². The Labute approximate surface area is 140 Å². The molecule has 1 aromatic rings. The van der Waals surface area contributed by atoms with Crippen LogP contribution in [0.2, 0.25) is 0 Å². The van der Waals surface area contributed by atoms with Crippen LogP contribution in [-0.2, 0) is 11.2 Å². The summed E-state index contributed by atoms with van der Waals surface area (Å²) in [6, 6.07) is 6.70. The van der Waals surface area contributed by atoms with E-state index >= 15 is 0 Å². The van der Waals surface area contributed by atoms with E-state index in [2.05, 4.69) is 30.0 Å². The Bertz CT molecular complexity index is 508. The van der Waals surface area contributed by atoms with Gasteiger partial charge in [0.1, 0.15) is 5.75 Å². The van der Waals surface area contributed by atoms with Gasteiger partial charge in [0.2, 0.25) is 5.91 Å². The number of hydrogen-bond donors (Lipinski definition) is 1. The molecular formula is C19H30N2O2. The summed E-state index contributed by atoms with van der Waals surface area (Å²) in [6.45, 7) is 8.09. The van der Waals surface area contributed by atoms with E-state index < -0.39 is 0 Å². The minimum atomic E-state index is -0.197. The van der Waals surface area contributed by atoms with Gasteiger partial charge >= 0.3 is 0 Å². The largest absolute Gasteiger partial charge is 0.494 e. The molecule has 1 saturated heterocycles. The zero-order chi connectivity index (χ0) is 16.7. The average molecular weight is 318 g/mol. The number of carbonyl (C=O) groups excluding carboxylic acids is 1. The van der Waals surface area contributed by atoms with E-state index in [1.54, 1.807) is 0 Å². The Balaban J connectivity index is 1.92.